The highest BCUT2D eigenvalue weighted by molar-refractivity contribution is 6.06. The van der Waals surface area contributed by atoms with Gasteiger partial charge in [0.25, 0.3) is 5.91 Å². The molecule has 0 unspecified atom stereocenters. The molecule has 5 heteroatoms. The minimum Gasteiger partial charge on any atom is -0.376 e. The number of pyridine rings is 1. The van der Waals surface area contributed by atoms with Crippen LogP contribution in [0.4, 0.5) is 15.8 Å². The van der Waals surface area contributed by atoms with E-state index in [9.17, 15) is 9.18 Å². The van der Waals surface area contributed by atoms with Gasteiger partial charge >= 0.3 is 0 Å². The van der Waals surface area contributed by atoms with Gasteiger partial charge in [0.05, 0.1) is 23.1 Å². The van der Waals surface area contributed by atoms with Gasteiger partial charge in [-0.1, -0.05) is 11.6 Å². The van der Waals surface area contributed by atoms with E-state index in [-0.39, 0.29) is 5.56 Å². The molecule has 0 bridgehead atoms. The van der Waals surface area contributed by atoms with E-state index < -0.39 is 11.7 Å². The average Bonchev–Trinajstić information content (AvgIpc) is 2.41. The third kappa shape index (κ3) is 2.93. The summed E-state index contributed by atoms with van der Waals surface area (Å²) in [5.74, 6) is -1.02. The molecule has 0 radical (unpaired) electrons. The van der Waals surface area contributed by atoms with E-state index in [1.807, 2.05) is 25.9 Å². The summed E-state index contributed by atoms with van der Waals surface area (Å²) in [6.07, 6.45) is 3.18. The smallest absolute Gasteiger partial charge is 0.258 e. The number of nitrogens with one attached hydrogen (secondary N) is 1. The molecule has 0 saturated heterocycles. The Bertz CT molecular complexity index is 641. The van der Waals surface area contributed by atoms with Crippen molar-refractivity contribution in [1.82, 2.24) is 4.98 Å². The van der Waals surface area contributed by atoms with E-state index in [2.05, 4.69) is 10.3 Å². The summed E-state index contributed by atoms with van der Waals surface area (Å²) in [4.78, 5) is 18.0. The summed E-state index contributed by atoms with van der Waals surface area (Å²) < 4.78 is 13.7. The van der Waals surface area contributed by atoms with Gasteiger partial charge in [-0.25, -0.2) is 4.39 Å². The Morgan fingerprint density at radius 1 is 1.30 bits per heavy atom. The average molecular weight is 273 g/mol. The first-order valence-electron chi connectivity index (χ1n) is 6.18. The highest BCUT2D eigenvalue weighted by Gasteiger charge is 2.14. The van der Waals surface area contributed by atoms with E-state index >= 15 is 0 Å². The normalized spacial score (nSPS) is 10.2. The van der Waals surface area contributed by atoms with Crippen molar-refractivity contribution in [3.8, 4) is 0 Å². The number of rotatable bonds is 3. The summed E-state index contributed by atoms with van der Waals surface area (Å²) in [5.41, 5.74) is 2.21. The van der Waals surface area contributed by atoms with Crippen LogP contribution < -0.4 is 10.2 Å². The number of amides is 1. The Morgan fingerprint density at radius 3 is 2.75 bits per heavy atom. The van der Waals surface area contributed by atoms with Crippen molar-refractivity contribution in [2.45, 2.75) is 6.92 Å². The predicted octanol–water partition coefficient (Wildman–Crippen LogP) is 2.85. The van der Waals surface area contributed by atoms with Gasteiger partial charge in [-0.3, -0.25) is 9.78 Å². The monoisotopic (exact) mass is 273 g/mol. The molecule has 104 valence electrons. The third-order valence-electron chi connectivity index (χ3n) is 2.89. The predicted molar refractivity (Wildman–Crippen MR) is 77.7 cm³/mol. The molecular formula is C15H16FN3O. The number of aryl methyl sites for hydroxylation is 1. The summed E-state index contributed by atoms with van der Waals surface area (Å²) in [6, 6.07) is 6.22. The fraction of sp³-hybridized carbons (Fsp3) is 0.200. The molecule has 2 rings (SSSR count). The molecule has 1 aromatic carbocycles. The summed E-state index contributed by atoms with van der Waals surface area (Å²) >= 11 is 0. The fourth-order valence-corrected chi connectivity index (χ4v) is 1.88. The maximum absolute atomic E-state index is 13.7. The number of carbonyl (C=O) groups is 1. The summed E-state index contributed by atoms with van der Waals surface area (Å²) in [6.45, 7) is 1.81. The van der Waals surface area contributed by atoms with E-state index in [0.717, 1.165) is 11.3 Å². The second-order valence-electron chi connectivity index (χ2n) is 4.72. The molecule has 2 aromatic rings. The second kappa shape index (κ2) is 5.69. The van der Waals surface area contributed by atoms with E-state index in [1.165, 1.54) is 12.1 Å². The van der Waals surface area contributed by atoms with Crippen molar-refractivity contribution >= 4 is 17.3 Å². The molecule has 0 aliphatic heterocycles. The minimum atomic E-state index is -0.539. The van der Waals surface area contributed by atoms with Gasteiger partial charge in [-0.15, -0.1) is 0 Å². The van der Waals surface area contributed by atoms with Gasteiger partial charge in [0.2, 0.25) is 0 Å². The van der Waals surface area contributed by atoms with Gasteiger partial charge in [0, 0.05) is 20.3 Å². The van der Waals surface area contributed by atoms with Crippen molar-refractivity contribution in [1.29, 1.82) is 0 Å². The van der Waals surface area contributed by atoms with Crippen LogP contribution >= 0.6 is 0 Å². The van der Waals surface area contributed by atoms with Gasteiger partial charge in [0.15, 0.2) is 0 Å². The summed E-state index contributed by atoms with van der Waals surface area (Å²) in [5, 5.41) is 2.69. The summed E-state index contributed by atoms with van der Waals surface area (Å²) in [7, 11) is 3.72. The molecule has 0 aliphatic rings. The molecule has 0 atom stereocenters. The zero-order valence-corrected chi connectivity index (χ0v) is 11.6. The lowest BCUT2D eigenvalue weighted by Crippen LogP contribution is -2.18. The van der Waals surface area contributed by atoms with Crippen LogP contribution in [0.3, 0.4) is 0 Å². The minimum absolute atomic E-state index is 0.0264. The standard InChI is InChI=1S/C15H16FN3O/c1-10-4-5-12(16)11(8-10)15(20)18-13-9-17-7-6-14(13)19(2)3/h4-9H,1-3H3,(H,18,20). The molecule has 0 fully saturated rings. The first-order valence-corrected chi connectivity index (χ1v) is 6.18. The van der Waals surface area contributed by atoms with Crippen molar-refractivity contribution < 1.29 is 9.18 Å². The van der Waals surface area contributed by atoms with Gasteiger partial charge in [0.1, 0.15) is 5.82 Å². The molecule has 1 N–H and O–H groups in total. The van der Waals surface area contributed by atoms with Gasteiger partial charge < -0.3 is 10.2 Å². The Labute approximate surface area is 117 Å². The van der Waals surface area contributed by atoms with Crippen LogP contribution in [0.25, 0.3) is 0 Å². The van der Waals surface area contributed by atoms with E-state index in [1.54, 1.807) is 24.5 Å². The maximum atomic E-state index is 13.7. The van der Waals surface area contributed by atoms with Crippen LogP contribution in [0, 0.1) is 12.7 Å². The lowest BCUT2D eigenvalue weighted by molar-refractivity contribution is 0.102. The van der Waals surface area contributed by atoms with Crippen LogP contribution in [0.1, 0.15) is 15.9 Å². The number of nitrogens with zero attached hydrogens (tertiary/aromatic N) is 2. The molecular weight excluding hydrogens is 257 g/mol. The Balaban J connectivity index is 2.31. The number of anilines is 2. The molecule has 0 spiro atoms. The van der Waals surface area contributed by atoms with Crippen molar-refractivity contribution in [2.75, 3.05) is 24.3 Å². The van der Waals surface area contributed by atoms with Crippen LogP contribution in [-0.4, -0.2) is 25.0 Å². The van der Waals surface area contributed by atoms with E-state index in [0.29, 0.717) is 5.69 Å². The molecule has 1 amide bonds. The largest absolute Gasteiger partial charge is 0.376 e. The first kappa shape index (κ1) is 14.0. The third-order valence-corrected chi connectivity index (χ3v) is 2.89. The van der Waals surface area contributed by atoms with Crippen molar-refractivity contribution in [2.24, 2.45) is 0 Å². The Morgan fingerprint density at radius 2 is 2.05 bits per heavy atom. The van der Waals surface area contributed by atoms with Crippen molar-refractivity contribution in [3.05, 3.63) is 53.6 Å². The number of hydrogen-bond acceptors (Lipinski definition) is 3. The molecule has 0 saturated carbocycles. The number of carbonyl (C=O) groups excluding carboxylic acids is 1. The molecule has 4 nitrogen and oxygen atoms in total. The zero-order chi connectivity index (χ0) is 14.7. The van der Waals surface area contributed by atoms with Gasteiger partial charge in [-0.05, 0) is 25.1 Å². The van der Waals surface area contributed by atoms with Crippen molar-refractivity contribution in [3.63, 3.8) is 0 Å². The second-order valence-corrected chi connectivity index (χ2v) is 4.72. The first-order chi connectivity index (χ1) is 9.49. The van der Waals surface area contributed by atoms with E-state index in [4.69, 9.17) is 0 Å². The number of aromatic nitrogens is 1. The Hall–Kier alpha value is -2.43. The topological polar surface area (TPSA) is 45.2 Å². The Kier molecular flexibility index (Phi) is 3.98. The molecule has 0 aliphatic carbocycles. The number of halogens is 1. The fourth-order valence-electron chi connectivity index (χ4n) is 1.88. The SMILES string of the molecule is Cc1ccc(F)c(C(=O)Nc2cnccc2N(C)C)c1. The van der Waals surface area contributed by atoms with Crippen LogP contribution in [-0.2, 0) is 0 Å². The van der Waals surface area contributed by atoms with Gasteiger partial charge in [-0.2, -0.15) is 0 Å². The highest BCUT2D eigenvalue weighted by Crippen LogP contribution is 2.23. The lowest BCUT2D eigenvalue weighted by atomic mass is 10.1. The quantitative estimate of drug-likeness (QED) is 0.935. The molecule has 1 aromatic heterocycles. The molecule has 20 heavy (non-hydrogen) atoms. The number of benzene rings is 1. The molecule has 1 heterocycles. The van der Waals surface area contributed by atoms with Crippen LogP contribution in [0.15, 0.2) is 36.7 Å². The van der Waals surface area contributed by atoms with Crippen LogP contribution in [0.2, 0.25) is 0 Å². The van der Waals surface area contributed by atoms with Crippen LogP contribution in [0.5, 0.6) is 0 Å². The zero-order valence-electron chi connectivity index (χ0n) is 11.6. The highest BCUT2D eigenvalue weighted by atomic mass is 19.1. The maximum Gasteiger partial charge on any atom is 0.258 e. The number of hydrogen-bond donors (Lipinski definition) is 1. The lowest BCUT2D eigenvalue weighted by Gasteiger charge is -2.17.